The van der Waals surface area contributed by atoms with Crippen molar-refractivity contribution in [3.8, 4) is 0 Å². The van der Waals surface area contributed by atoms with Gasteiger partial charge in [-0.1, -0.05) is 19.9 Å². The molecule has 0 aliphatic carbocycles. The van der Waals surface area contributed by atoms with Crippen LogP contribution in [0.25, 0.3) is 0 Å². The maximum atomic E-state index is 13.8. The van der Waals surface area contributed by atoms with Crippen molar-refractivity contribution in [2.24, 2.45) is 5.92 Å². The highest BCUT2D eigenvalue weighted by atomic mass is 19.2. The minimum absolute atomic E-state index is 0.169. The molecule has 3 atom stereocenters. The van der Waals surface area contributed by atoms with Crippen molar-refractivity contribution in [1.29, 1.82) is 0 Å². The van der Waals surface area contributed by atoms with E-state index in [1.54, 1.807) is 0 Å². The Morgan fingerprint density at radius 3 is 2.77 bits per heavy atom. The first kappa shape index (κ1) is 18.3. The number of carbonyl (C=O) groups is 3. The highest BCUT2D eigenvalue weighted by Crippen LogP contribution is 2.25. The average Bonchev–Trinajstić information content (AvgIpc) is 2.99. The zero-order valence-electron chi connectivity index (χ0n) is 14.6. The molecule has 2 aliphatic heterocycles. The lowest BCUT2D eigenvalue weighted by Crippen LogP contribution is -2.61. The Kier molecular flexibility index (Phi) is 4.93. The molecular weight excluding hydrogens is 344 g/mol. The Balaban J connectivity index is 1.70. The van der Waals surface area contributed by atoms with Gasteiger partial charge in [0.25, 0.3) is 5.91 Å². The third-order valence-electron chi connectivity index (χ3n) is 4.74. The van der Waals surface area contributed by atoms with Gasteiger partial charge in [-0.2, -0.15) is 0 Å². The number of piperazine rings is 1. The molecule has 0 unspecified atom stereocenters. The molecule has 140 valence electrons. The summed E-state index contributed by atoms with van der Waals surface area (Å²) < 4.78 is 27.0. The van der Waals surface area contributed by atoms with Crippen molar-refractivity contribution in [3.05, 3.63) is 35.4 Å². The van der Waals surface area contributed by atoms with Crippen LogP contribution >= 0.6 is 0 Å². The van der Waals surface area contributed by atoms with Gasteiger partial charge in [0.15, 0.2) is 11.6 Å². The number of hydrogen-bond acceptors (Lipinski definition) is 3. The average molecular weight is 365 g/mol. The van der Waals surface area contributed by atoms with Crippen LogP contribution in [0.2, 0.25) is 0 Å². The fourth-order valence-corrected chi connectivity index (χ4v) is 3.54. The molecule has 0 saturated carbocycles. The first-order chi connectivity index (χ1) is 12.3. The van der Waals surface area contributed by atoms with Gasteiger partial charge in [0.05, 0.1) is 5.56 Å². The van der Waals surface area contributed by atoms with E-state index < -0.39 is 41.2 Å². The van der Waals surface area contributed by atoms with Gasteiger partial charge in [-0.15, -0.1) is 0 Å². The van der Waals surface area contributed by atoms with Gasteiger partial charge < -0.3 is 15.5 Å². The monoisotopic (exact) mass is 365 g/mol. The van der Waals surface area contributed by atoms with E-state index in [9.17, 15) is 23.2 Å². The molecule has 0 bridgehead atoms. The first-order valence-electron chi connectivity index (χ1n) is 8.63. The lowest BCUT2D eigenvalue weighted by Gasteiger charge is -2.35. The molecule has 26 heavy (non-hydrogen) atoms. The molecule has 3 amide bonds. The number of hydrogen-bond donors (Lipinski definition) is 2. The summed E-state index contributed by atoms with van der Waals surface area (Å²) in [4.78, 5) is 38.6. The fourth-order valence-electron chi connectivity index (χ4n) is 3.54. The molecular formula is C18H21F2N3O3. The molecule has 2 fully saturated rings. The first-order valence-corrected chi connectivity index (χ1v) is 8.63. The van der Waals surface area contributed by atoms with Crippen molar-refractivity contribution in [2.45, 2.75) is 44.8 Å². The van der Waals surface area contributed by atoms with Crippen molar-refractivity contribution in [2.75, 3.05) is 6.54 Å². The van der Waals surface area contributed by atoms with Gasteiger partial charge in [-0.25, -0.2) is 8.78 Å². The standard InChI is InChI=1S/C18H21F2N3O3/c1-9(2)6-13-18(26)23-8-10(7-14(23)17(25)22-13)21-16(24)11-4-3-5-12(19)15(11)20/h3-5,9-10,13-14H,6-8H2,1-2H3,(H,21,24)(H,22,25)/t10-,13-,14-/m0/s1. The third kappa shape index (κ3) is 3.40. The highest BCUT2D eigenvalue weighted by Gasteiger charge is 2.46. The third-order valence-corrected chi connectivity index (χ3v) is 4.74. The Morgan fingerprint density at radius 1 is 1.35 bits per heavy atom. The Morgan fingerprint density at radius 2 is 2.08 bits per heavy atom. The maximum Gasteiger partial charge on any atom is 0.254 e. The number of amides is 3. The number of fused-ring (bicyclic) bond motifs is 1. The molecule has 0 radical (unpaired) electrons. The number of carbonyl (C=O) groups excluding carboxylic acids is 3. The van der Waals surface area contributed by atoms with Crippen LogP contribution in [0.1, 0.15) is 37.0 Å². The van der Waals surface area contributed by atoms with E-state index in [0.717, 1.165) is 6.07 Å². The second kappa shape index (κ2) is 7.01. The number of rotatable bonds is 4. The van der Waals surface area contributed by atoms with Gasteiger partial charge in [0.2, 0.25) is 11.8 Å². The van der Waals surface area contributed by atoms with Gasteiger partial charge in [-0.3, -0.25) is 14.4 Å². The van der Waals surface area contributed by atoms with E-state index in [2.05, 4.69) is 10.6 Å². The summed E-state index contributed by atoms with van der Waals surface area (Å²) in [7, 11) is 0. The summed E-state index contributed by atoms with van der Waals surface area (Å²) in [5, 5.41) is 5.34. The molecule has 2 saturated heterocycles. The molecule has 2 aliphatic rings. The fraction of sp³-hybridized carbons (Fsp3) is 0.500. The number of halogens is 2. The quantitative estimate of drug-likeness (QED) is 0.842. The summed E-state index contributed by atoms with van der Waals surface area (Å²) in [6, 6.07) is 1.66. The molecule has 0 aromatic heterocycles. The van der Waals surface area contributed by atoms with Gasteiger partial charge >= 0.3 is 0 Å². The van der Waals surface area contributed by atoms with Crippen LogP contribution in [0.3, 0.4) is 0 Å². The zero-order chi connectivity index (χ0) is 19.0. The molecule has 3 rings (SSSR count). The second-order valence-corrected chi connectivity index (χ2v) is 7.20. The number of nitrogens with one attached hydrogen (secondary N) is 2. The van der Waals surface area contributed by atoms with E-state index in [0.29, 0.717) is 6.42 Å². The summed E-state index contributed by atoms with van der Waals surface area (Å²) in [5.74, 6) is -3.26. The van der Waals surface area contributed by atoms with Crippen molar-refractivity contribution >= 4 is 17.7 Å². The van der Waals surface area contributed by atoms with Crippen molar-refractivity contribution < 1.29 is 23.2 Å². The lowest BCUT2D eigenvalue weighted by atomic mass is 9.99. The summed E-state index contributed by atoms with van der Waals surface area (Å²) in [6.45, 7) is 4.10. The minimum atomic E-state index is -1.22. The van der Waals surface area contributed by atoms with Crippen LogP contribution in [0, 0.1) is 17.6 Å². The predicted octanol–water partition coefficient (Wildman–Crippen LogP) is 1.21. The van der Waals surface area contributed by atoms with Crippen LogP contribution in [0.5, 0.6) is 0 Å². The minimum Gasteiger partial charge on any atom is -0.347 e. The Labute approximate surface area is 149 Å². The van der Waals surface area contributed by atoms with Crippen LogP contribution < -0.4 is 10.6 Å². The SMILES string of the molecule is CC(C)C[C@@H]1NC(=O)[C@@H]2C[C@H](NC(=O)c3cccc(F)c3F)CN2C1=O. The maximum absolute atomic E-state index is 13.8. The Bertz CT molecular complexity index is 753. The zero-order valence-corrected chi connectivity index (χ0v) is 14.6. The number of nitrogens with zero attached hydrogens (tertiary/aromatic N) is 1. The molecule has 0 spiro atoms. The van der Waals surface area contributed by atoms with Crippen LogP contribution in [-0.2, 0) is 9.59 Å². The highest BCUT2D eigenvalue weighted by molar-refractivity contribution is 5.98. The van der Waals surface area contributed by atoms with E-state index in [4.69, 9.17) is 0 Å². The summed E-state index contributed by atoms with van der Waals surface area (Å²) in [5.41, 5.74) is -0.400. The van der Waals surface area contributed by atoms with E-state index >= 15 is 0 Å². The van der Waals surface area contributed by atoms with Gasteiger partial charge in [0, 0.05) is 12.6 Å². The van der Waals surface area contributed by atoms with Crippen LogP contribution in [0.4, 0.5) is 8.78 Å². The largest absolute Gasteiger partial charge is 0.347 e. The van der Waals surface area contributed by atoms with E-state index in [1.165, 1.54) is 17.0 Å². The molecule has 2 heterocycles. The van der Waals surface area contributed by atoms with Crippen LogP contribution in [-0.4, -0.2) is 47.3 Å². The topological polar surface area (TPSA) is 78.5 Å². The smallest absolute Gasteiger partial charge is 0.254 e. The summed E-state index contributed by atoms with van der Waals surface area (Å²) in [6.07, 6.45) is 0.786. The Hall–Kier alpha value is -2.51. The molecule has 8 heteroatoms. The van der Waals surface area contributed by atoms with Crippen molar-refractivity contribution in [3.63, 3.8) is 0 Å². The lowest BCUT2D eigenvalue weighted by molar-refractivity contribution is -0.147. The van der Waals surface area contributed by atoms with E-state index in [-0.39, 0.29) is 30.7 Å². The van der Waals surface area contributed by atoms with Gasteiger partial charge in [-0.05, 0) is 30.9 Å². The molecule has 6 nitrogen and oxygen atoms in total. The predicted molar refractivity (Wildman–Crippen MR) is 89.1 cm³/mol. The molecule has 2 N–H and O–H groups in total. The second-order valence-electron chi connectivity index (χ2n) is 7.20. The van der Waals surface area contributed by atoms with E-state index in [1.807, 2.05) is 13.8 Å². The van der Waals surface area contributed by atoms with Crippen molar-refractivity contribution in [1.82, 2.24) is 15.5 Å². The van der Waals surface area contributed by atoms with Crippen LogP contribution in [0.15, 0.2) is 18.2 Å². The number of benzene rings is 1. The van der Waals surface area contributed by atoms with Gasteiger partial charge in [0.1, 0.15) is 12.1 Å². The normalized spacial score (nSPS) is 25.3. The summed E-state index contributed by atoms with van der Waals surface area (Å²) >= 11 is 0. The molecule has 1 aromatic carbocycles. The molecule has 1 aromatic rings.